The molecule has 1 saturated carbocycles. The maximum atomic E-state index is 12.0. The second-order valence-corrected chi connectivity index (χ2v) is 6.34. The number of hydrogen-bond donors (Lipinski definition) is 2. The molecule has 1 aromatic heterocycles. The van der Waals surface area contributed by atoms with E-state index in [0.717, 1.165) is 23.8 Å². The van der Waals surface area contributed by atoms with Gasteiger partial charge in [0.25, 0.3) is 0 Å². The number of amides is 1. The van der Waals surface area contributed by atoms with E-state index in [1.807, 2.05) is 10.6 Å². The average Bonchev–Trinajstić information content (AvgIpc) is 3.30. The third-order valence-electron chi connectivity index (χ3n) is 3.48. The topological polar surface area (TPSA) is 80.0 Å². The summed E-state index contributed by atoms with van der Waals surface area (Å²) < 4.78 is 2.03. The molecule has 0 radical (unpaired) electrons. The molecule has 0 spiro atoms. The number of carbonyl (C=O) groups excluding carboxylic acids is 1. The number of hydrogen-bond acceptors (Lipinski definition) is 5. The van der Waals surface area contributed by atoms with Crippen molar-refractivity contribution in [2.75, 3.05) is 11.1 Å². The van der Waals surface area contributed by atoms with E-state index in [1.54, 1.807) is 12.1 Å². The first-order valence-electron chi connectivity index (χ1n) is 7.43. The van der Waals surface area contributed by atoms with E-state index in [9.17, 15) is 9.90 Å². The molecular weight excluding hydrogens is 312 g/mol. The molecule has 7 heteroatoms. The van der Waals surface area contributed by atoms with Gasteiger partial charge in [0.15, 0.2) is 5.16 Å². The number of anilines is 1. The van der Waals surface area contributed by atoms with Crippen LogP contribution in [0.3, 0.4) is 0 Å². The number of aromatic nitrogens is 3. The lowest BCUT2D eigenvalue weighted by molar-refractivity contribution is -0.113. The van der Waals surface area contributed by atoms with Crippen molar-refractivity contribution < 1.29 is 9.90 Å². The monoisotopic (exact) mass is 330 g/mol. The third-order valence-corrected chi connectivity index (χ3v) is 4.45. The van der Waals surface area contributed by atoms with E-state index in [-0.39, 0.29) is 17.4 Å². The summed E-state index contributed by atoms with van der Waals surface area (Å²) in [6.07, 6.45) is 4.12. The fourth-order valence-corrected chi connectivity index (χ4v) is 2.98. The van der Waals surface area contributed by atoms with Gasteiger partial charge in [-0.3, -0.25) is 4.79 Å². The zero-order chi connectivity index (χ0) is 16.2. The fourth-order valence-electron chi connectivity index (χ4n) is 2.22. The van der Waals surface area contributed by atoms with Crippen LogP contribution in [0.5, 0.6) is 5.75 Å². The van der Waals surface area contributed by atoms with Gasteiger partial charge in [0.05, 0.1) is 5.75 Å². The van der Waals surface area contributed by atoms with Crippen LogP contribution in [0, 0.1) is 0 Å². The summed E-state index contributed by atoms with van der Waals surface area (Å²) in [6.45, 7) is 4.42. The second kappa shape index (κ2) is 6.87. The molecule has 0 atom stereocenters. The van der Waals surface area contributed by atoms with Crippen molar-refractivity contribution in [3.05, 3.63) is 42.7 Å². The number of thioether (sulfide) groups is 1. The molecule has 0 bridgehead atoms. The van der Waals surface area contributed by atoms with Gasteiger partial charge < -0.3 is 15.0 Å². The molecule has 2 aromatic rings. The quantitative estimate of drug-likeness (QED) is 0.463. The Balaban J connectivity index is 1.60. The minimum atomic E-state index is -0.123. The molecule has 120 valence electrons. The van der Waals surface area contributed by atoms with Crippen molar-refractivity contribution in [3.63, 3.8) is 0 Å². The maximum Gasteiger partial charge on any atom is 0.234 e. The highest BCUT2D eigenvalue weighted by Gasteiger charge is 2.30. The van der Waals surface area contributed by atoms with Gasteiger partial charge in [0.2, 0.25) is 5.91 Å². The number of rotatable bonds is 7. The van der Waals surface area contributed by atoms with Crippen LogP contribution < -0.4 is 5.32 Å². The Labute approximate surface area is 138 Å². The Bertz CT molecular complexity index is 707. The Morgan fingerprint density at radius 3 is 2.78 bits per heavy atom. The van der Waals surface area contributed by atoms with Crippen molar-refractivity contribution in [2.45, 2.75) is 30.5 Å². The number of benzene rings is 1. The first kappa shape index (κ1) is 15.6. The maximum absolute atomic E-state index is 12.0. The van der Waals surface area contributed by atoms with Gasteiger partial charge >= 0.3 is 0 Å². The Morgan fingerprint density at radius 2 is 2.13 bits per heavy atom. The molecule has 3 rings (SSSR count). The van der Waals surface area contributed by atoms with E-state index in [1.165, 1.54) is 23.9 Å². The summed E-state index contributed by atoms with van der Waals surface area (Å²) in [7, 11) is 0. The van der Waals surface area contributed by atoms with E-state index in [0.29, 0.717) is 18.2 Å². The molecule has 2 N–H and O–H groups in total. The third kappa shape index (κ3) is 3.92. The first-order valence-corrected chi connectivity index (χ1v) is 8.41. The highest BCUT2D eigenvalue weighted by molar-refractivity contribution is 7.99. The number of aromatic hydroxyl groups is 1. The van der Waals surface area contributed by atoms with Crippen LogP contribution in [0.1, 0.15) is 24.6 Å². The van der Waals surface area contributed by atoms with Crippen LogP contribution in [-0.4, -0.2) is 31.5 Å². The van der Waals surface area contributed by atoms with Gasteiger partial charge in [-0.15, -0.1) is 16.8 Å². The first-order chi connectivity index (χ1) is 11.2. The van der Waals surface area contributed by atoms with Crippen molar-refractivity contribution in [1.29, 1.82) is 0 Å². The predicted molar refractivity (Wildman–Crippen MR) is 89.7 cm³/mol. The van der Waals surface area contributed by atoms with Gasteiger partial charge in [-0.2, -0.15) is 0 Å². The van der Waals surface area contributed by atoms with Crippen molar-refractivity contribution >= 4 is 23.4 Å². The summed E-state index contributed by atoms with van der Waals surface area (Å²) in [4.78, 5) is 12.0. The van der Waals surface area contributed by atoms with Crippen LogP contribution in [0.2, 0.25) is 0 Å². The SMILES string of the molecule is C=CCn1c(SCC(=O)Nc2ccc(O)cc2)nnc1C1CC1. The summed E-state index contributed by atoms with van der Waals surface area (Å²) in [5, 5.41) is 21.2. The number of nitrogens with zero attached hydrogens (tertiary/aromatic N) is 3. The lowest BCUT2D eigenvalue weighted by Gasteiger charge is -2.07. The highest BCUT2D eigenvalue weighted by Crippen LogP contribution is 2.40. The predicted octanol–water partition coefficient (Wildman–Crippen LogP) is 2.78. The number of phenolic OH excluding ortho intramolecular Hbond substituents is 1. The molecule has 1 aliphatic rings. The molecule has 1 amide bonds. The molecule has 0 aliphatic heterocycles. The Hall–Kier alpha value is -2.28. The molecule has 0 saturated heterocycles. The molecule has 0 unspecified atom stereocenters. The van der Waals surface area contributed by atoms with Gasteiger partial charge in [0, 0.05) is 18.2 Å². The van der Waals surface area contributed by atoms with Crippen molar-refractivity contribution in [3.8, 4) is 5.75 Å². The number of carbonyl (C=O) groups is 1. The Morgan fingerprint density at radius 1 is 1.39 bits per heavy atom. The van der Waals surface area contributed by atoms with E-state index >= 15 is 0 Å². The number of nitrogens with one attached hydrogen (secondary N) is 1. The molecule has 23 heavy (non-hydrogen) atoms. The fraction of sp³-hybridized carbons (Fsp3) is 0.312. The van der Waals surface area contributed by atoms with Crippen LogP contribution >= 0.6 is 11.8 Å². The molecule has 1 fully saturated rings. The number of phenols is 1. The standard InChI is InChI=1S/C16H18N4O2S/c1-2-9-20-15(11-3-4-11)18-19-16(20)23-10-14(22)17-12-5-7-13(21)8-6-12/h2,5-8,11,21H,1,3-4,9-10H2,(H,17,22). The highest BCUT2D eigenvalue weighted by atomic mass is 32.2. The summed E-state index contributed by atoms with van der Waals surface area (Å²) >= 11 is 1.36. The molecular formula is C16H18N4O2S. The van der Waals surface area contributed by atoms with Gasteiger partial charge in [-0.1, -0.05) is 17.8 Å². The van der Waals surface area contributed by atoms with E-state index in [4.69, 9.17) is 0 Å². The van der Waals surface area contributed by atoms with E-state index in [2.05, 4.69) is 22.1 Å². The second-order valence-electron chi connectivity index (χ2n) is 5.40. The van der Waals surface area contributed by atoms with Crippen molar-refractivity contribution in [1.82, 2.24) is 14.8 Å². The lowest BCUT2D eigenvalue weighted by atomic mass is 10.3. The van der Waals surface area contributed by atoms with Crippen molar-refractivity contribution in [2.24, 2.45) is 0 Å². The molecule has 6 nitrogen and oxygen atoms in total. The van der Waals surface area contributed by atoms with Gasteiger partial charge in [-0.05, 0) is 37.1 Å². The zero-order valence-electron chi connectivity index (χ0n) is 12.6. The van der Waals surface area contributed by atoms with Crippen LogP contribution in [0.4, 0.5) is 5.69 Å². The minimum Gasteiger partial charge on any atom is -0.508 e. The molecule has 1 aliphatic carbocycles. The van der Waals surface area contributed by atoms with E-state index < -0.39 is 0 Å². The smallest absolute Gasteiger partial charge is 0.234 e. The zero-order valence-corrected chi connectivity index (χ0v) is 13.4. The molecule has 1 aromatic carbocycles. The van der Waals surface area contributed by atoms with Crippen LogP contribution in [0.15, 0.2) is 42.1 Å². The summed E-state index contributed by atoms with van der Waals surface area (Å²) in [5.41, 5.74) is 0.652. The van der Waals surface area contributed by atoms with Gasteiger partial charge in [0.1, 0.15) is 11.6 Å². The lowest BCUT2D eigenvalue weighted by Crippen LogP contribution is -2.14. The van der Waals surface area contributed by atoms with Crippen LogP contribution in [0.25, 0.3) is 0 Å². The summed E-state index contributed by atoms with van der Waals surface area (Å²) in [6, 6.07) is 6.38. The van der Waals surface area contributed by atoms with Crippen LogP contribution in [-0.2, 0) is 11.3 Å². The minimum absolute atomic E-state index is 0.123. The van der Waals surface area contributed by atoms with Gasteiger partial charge in [-0.25, -0.2) is 0 Å². The Kier molecular flexibility index (Phi) is 4.66. The largest absolute Gasteiger partial charge is 0.508 e. The summed E-state index contributed by atoms with van der Waals surface area (Å²) in [5.74, 6) is 1.79. The normalized spacial score (nSPS) is 13.7. The average molecular weight is 330 g/mol. The molecule has 1 heterocycles. The number of allylic oxidation sites excluding steroid dienone is 1.